The van der Waals surface area contributed by atoms with Crippen molar-refractivity contribution in [2.75, 3.05) is 0 Å². The van der Waals surface area contributed by atoms with Gasteiger partial charge < -0.3 is 9.15 Å². The summed E-state index contributed by atoms with van der Waals surface area (Å²) in [6, 6.07) is 9.13. The molecular weight excluding hydrogens is 204 g/mol. The first-order valence-corrected chi connectivity index (χ1v) is 4.99. The Morgan fingerprint density at radius 3 is 2.69 bits per heavy atom. The van der Waals surface area contributed by atoms with Crippen LogP contribution in [0.3, 0.4) is 0 Å². The molecule has 0 amide bonds. The summed E-state index contributed by atoms with van der Waals surface area (Å²) in [5, 5.41) is 0. The smallest absolute Gasteiger partial charge is 0.290 e. The van der Waals surface area contributed by atoms with Gasteiger partial charge >= 0.3 is 0 Å². The number of carbonyl (C=O) groups is 1. The maximum absolute atomic E-state index is 10.4. The molecular formula is C13H12O3. The van der Waals surface area contributed by atoms with Gasteiger partial charge in [-0.05, 0) is 37.1 Å². The lowest BCUT2D eigenvalue weighted by atomic mass is 10.1. The summed E-state index contributed by atoms with van der Waals surface area (Å²) in [6.07, 6.45) is 0.649. The van der Waals surface area contributed by atoms with Crippen LogP contribution in [-0.2, 0) is 0 Å². The van der Waals surface area contributed by atoms with Crippen LogP contribution in [0.5, 0.6) is 11.7 Å². The first-order valence-electron chi connectivity index (χ1n) is 4.99. The van der Waals surface area contributed by atoms with Crippen molar-refractivity contribution in [1.29, 1.82) is 0 Å². The monoisotopic (exact) mass is 216 g/mol. The summed E-state index contributed by atoms with van der Waals surface area (Å²) < 4.78 is 10.7. The minimum atomic E-state index is 0.264. The molecule has 3 heteroatoms. The number of rotatable bonds is 3. The minimum absolute atomic E-state index is 0.264. The topological polar surface area (TPSA) is 39.4 Å². The number of carbonyl (C=O) groups excluding carboxylic acids is 1. The Hall–Kier alpha value is -2.03. The van der Waals surface area contributed by atoms with Gasteiger partial charge in [0.2, 0.25) is 0 Å². The van der Waals surface area contributed by atoms with Crippen molar-refractivity contribution in [2.24, 2.45) is 0 Å². The Morgan fingerprint density at radius 2 is 2.00 bits per heavy atom. The summed E-state index contributed by atoms with van der Waals surface area (Å²) >= 11 is 0. The van der Waals surface area contributed by atoms with Gasteiger partial charge in [0, 0.05) is 6.07 Å². The number of benzene rings is 1. The van der Waals surface area contributed by atoms with E-state index in [4.69, 9.17) is 9.15 Å². The van der Waals surface area contributed by atoms with Gasteiger partial charge in [0.1, 0.15) is 5.75 Å². The van der Waals surface area contributed by atoms with Crippen LogP contribution >= 0.6 is 0 Å². The Balaban J connectivity index is 2.26. The largest absolute Gasteiger partial charge is 0.426 e. The zero-order valence-electron chi connectivity index (χ0n) is 9.19. The number of hydrogen-bond acceptors (Lipinski definition) is 3. The molecule has 3 nitrogen and oxygen atoms in total. The van der Waals surface area contributed by atoms with Crippen molar-refractivity contribution in [3.05, 3.63) is 47.2 Å². The molecule has 2 aromatic rings. The fourth-order valence-electron chi connectivity index (χ4n) is 1.38. The molecule has 0 aliphatic rings. The molecule has 0 aliphatic carbocycles. The molecule has 0 unspecified atom stereocenters. The Bertz CT molecular complexity index is 512. The molecule has 0 atom stereocenters. The fraction of sp³-hybridized carbons (Fsp3) is 0.154. The second-order valence-corrected chi connectivity index (χ2v) is 3.65. The SMILES string of the molecule is Cc1ccc(C)c(Oc2ccc(C=O)o2)c1. The van der Waals surface area contributed by atoms with Crippen LogP contribution in [0.2, 0.25) is 0 Å². The number of ether oxygens (including phenoxy) is 1. The average molecular weight is 216 g/mol. The predicted octanol–water partition coefficient (Wildman–Crippen LogP) is 3.50. The molecule has 1 aromatic carbocycles. The molecule has 0 saturated carbocycles. The van der Waals surface area contributed by atoms with Gasteiger partial charge in [-0.1, -0.05) is 12.1 Å². The van der Waals surface area contributed by atoms with Crippen molar-refractivity contribution < 1.29 is 13.9 Å². The Labute approximate surface area is 93.7 Å². The maximum Gasteiger partial charge on any atom is 0.290 e. The van der Waals surface area contributed by atoms with Gasteiger partial charge in [-0.25, -0.2) is 0 Å². The van der Waals surface area contributed by atoms with E-state index in [-0.39, 0.29) is 5.76 Å². The zero-order chi connectivity index (χ0) is 11.5. The highest BCUT2D eigenvalue weighted by Crippen LogP contribution is 2.27. The third kappa shape index (κ3) is 2.14. The van der Waals surface area contributed by atoms with Crippen LogP contribution < -0.4 is 4.74 Å². The molecule has 2 rings (SSSR count). The summed E-state index contributed by atoms with van der Waals surface area (Å²) in [5.41, 5.74) is 2.14. The van der Waals surface area contributed by atoms with E-state index < -0.39 is 0 Å². The standard InChI is InChI=1S/C13H12O3/c1-9-3-4-10(2)12(7-9)16-13-6-5-11(8-14)15-13/h3-8H,1-2H3. The number of aldehydes is 1. The van der Waals surface area contributed by atoms with Crippen molar-refractivity contribution in [2.45, 2.75) is 13.8 Å². The fourth-order valence-corrected chi connectivity index (χ4v) is 1.38. The van der Waals surface area contributed by atoms with E-state index in [1.165, 1.54) is 0 Å². The Kier molecular flexibility index (Phi) is 2.77. The highest BCUT2D eigenvalue weighted by atomic mass is 16.6. The number of hydrogen-bond donors (Lipinski definition) is 0. The van der Waals surface area contributed by atoms with Crippen LogP contribution in [-0.4, -0.2) is 6.29 Å². The molecule has 1 aromatic heterocycles. The van der Waals surface area contributed by atoms with Gasteiger partial charge in [0.25, 0.3) is 5.95 Å². The van der Waals surface area contributed by atoms with E-state index in [0.717, 1.165) is 16.9 Å². The number of furan rings is 1. The van der Waals surface area contributed by atoms with Gasteiger partial charge in [-0.15, -0.1) is 0 Å². The molecule has 16 heavy (non-hydrogen) atoms. The van der Waals surface area contributed by atoms with Gasteiger partial charge in [0.05, 0.1) is 0 Å². The third-order valence-corrected chi connectivity index (χ3v) is 2.27. The summed E-state index contributed by atoms with van der Waals surface area (Å²) in [6.45, 7) is 3.95. The highest BCUT2D eigenvalue weighted by Gasteiger charge is 2.05. The molecule has 0 bridgehead atoms. The van der Waals surface area contributed by atoms with Crippen LogP contribution in [0.25, 0.3) is 0 Å². The van der Waals surface area contributed by atoms with E-state index in [9.17, 15) is 4.79 Å². The molecule has 82 valence electrons. The predicted molar refractivity (Wildman–Crippen MR) is 60.1 cm³/mol. The Morgan fingerprint density at radius 1 is 1.19 bits per heavy atom. The third-order valence-electron chi connectivity index (χ3n) is 2.27. The van der Waals surface area contributed by atoms with Crippen LogP contribution in [0.15, 0.2) is 34.7 Å². The van der Waals surface area contributed by atoms with Crippen molar-refractivity contribution in [3.63, 3.8) is 0 Å². The van der Waals surface area contributed by atoms with Crippen molar-refractivity contribution in [3.8, 4) is 11.7 Å². The van der Waals surface area contributed by atoms with Crippen LogP contribution in [0.1, 0.15) is 21.7 Å². The average Bonchev–Trinajstić information content (AvgIpc) is 2.71. The maximum atomic E-state index is 10.4. The van der Waals surface area contributed by atoms with Crippen molar-refractivity contribution >= 4 is 6.29 Å². The minimum Gasteiger partial charge on any atom is -0.426 e. The molecule has 1 heterocycles. The van der Waals surface area contributed by atoms with E-state index >= 15 is 0 Å². The second-order valence-electron chi connectivity index (χ2n) is 3.65. The first-order chi connectivity index (χ1) is 7.69. The molecule has 0 aliphatic heterocycles. The van der Waals surface area contributed by atoms with E-state index in [1.54, 1.807) is 12.1 Å². The van der Waals surface area contributed by atoms with Gasteiger partial charge in [-0.3, -0.25) is 4.79 Å². The summed E-state index contributed by atoms with van der Waals surface area (Å²) in [7, 11) is 0. The highest BCUT2D eigenvalue weighted by molar-refractivity contribution is 5.70. The van der Waals surface area contributed by atoms with E-state index in [0.29, 0.717) is 12.2 Å². The summed E-state index contributed by atoms with van der Waals surface area (Å²) in [4.78, 5) is 10.4. The molecule has 0 N–H and O–H groups in total. The summed E-state index contributed by atoms with van der Waals surface area (Å²) in [5.74, 6) is 1.34. The van der Waals surface area contributed by atoms with E-state index in [2.05, 4.69) is 0 Å². The van der Waals surface area contributed by atoms with Gasteiger partial charge in [0.15, 0.2) is 12.0 Å². The molecule has 0 spiro atoms. The van der Waals surface area contributed by atoms with Crippen molar-refractivity contribution in [1.82, 2.24) is 0 Å². The molecule has 0 saturated heterocycles. The van der Waals surface area contributed by atoms with Gasteiger partial charge in [-0.2, -0.15) is 0 Å². The molecule has 0 fully saturated rings. The molecule has 0 radical (unpaired) electrons. The lowest BCUT2D eigenvalue weighted by molar-refractivity contribution is 0.109. The van der Waals surface area contributed by atoms with E-state index in [1.807, 2.05) is 32.0 Å². The lowest BCUT2D eigenvalue weighted by Crippen LogP contribution is -1.86. The van der Waals surface area contributed by atoms with Crippen LogP contribution in [0.4, 0.5) is 0 Å². The second kappa shape index (κ2) is 4.23. The van der Waals surface area contributed by atoms with Crippen LogP contribution in [0, 0.1) is 13.8 Å². The quantitative estimate of drug-likeness (QED) is 0.737. The first kappa shape index (κ1) is 10.5. The number of aryl methyl sites for hydroxylation is 2. The zero-order valence-corrected chi connectivity index (χ0v) is 9.19. The lowest BCUT2D eigenvalue weighted by Gasteiger charge is -2.06. The normalized spacial score (nSPS) is 10.1.